The monoisotopic (exact) mass is 333 g/mol. The summed E-state index contributed by atoms with van der Waals surface area (Å²) in [5.41, 5.74) is 0. The second-order valence-electron chi connectivity index (χ2n) is 4.92. The van der Waals surface area contributed by atoms with Crippen LogP contribution in [0.2, 0.25) is 5.02 Å². The van der Waals surface area contributed by atoms with E-state index in [-0.39, 0.29) is 12.1 Å². The highest BCUT2D eigenvalue weighted by molar-refractivity contribution is 9.10. The summed E-state index contributed by atoms with van der Waals surface area (Å²) in [6.07, 6.45) is 2.18. The van der Waals surface area contributed by atoms with Crippen LogP contribution in [0.25, 0.3) is 0 Å². The Morgan fingerprint density at radius 1 is 1.61 bits per heavy atom. The fraction of sp³-hybridized carbons (Fsp3) is 0.583. The van der Waals surface area contributed by atoms with E-state index in [0.29, 0.717) is 11.6 Å². The Labute approximate surface area is 121 Å². The molecule has 1 aromatic heterocycles. The number of rotatable bonds is 3. The molecular weight excluding hydrogens is 318 g/mol. The Morgan fingerprint density at radius 3 is 2.94 bits per heavy atom. The summed E-state index contributed by atoms with van der Waals surface area (Å²) in [7, 11) is 4.05. The molecule has 18 heavy (non-hydrogen) atoms. The van der Waals surface area contributed by atoms with Crippen molar-refractivity contribution in [3.8, 4) is 0 Å². The van der Waals surface area contributed by atoms with Gasteiger partial charge in [0.05, 0.1) is 11.1 Å². The highest BCUT2D eigenvalue weighted by atomic mass is 79.9. The van der Waals surface area contributed by atoms with Crippen LogP contribution < -0.4 is 4.90 Å². The third kappa shape index (κ3) is 3.15. The Balaban J connectivity index is 2.24. The molecule has 0 spiro atoms. The lowest BCUT2D eigenvalue weighted by Crippen LogP contribution is -2.38. The third-order valence-electron chi connectivity index (χ3n) is 3.03. The van der Waals surface area contributed by atoms with E-state index in [1.807, 2.05) is 20.2 Å². The highest BCUT2D eigenvalue weighted by Gasteiger charge is 2.33. The summed E-state index contributed by atoms with van der Waals surface area (Å²) in [5.74, 6) is 0.753. The van der Waals surface area contributed by atoms with Gasteiger partial charge < -0.3 is 14.9 Å². The van der Waals surface area contributed by atoms with E-state index in [1.165, 1.54) is 0 Å². The summed E-state index contributed by atoms with van der Waals surface area (Å²) in [6.45, 7) is 1.47. The first-order valence-electron chi connectivity index (χ1n) is 5.88. The standard InChI is InChI=1S/C12H17BrClN3O/c1-16(2)6-9-4-10(18)7-17(9)12-11(14)3-8(13)5-15-12/h3,5,9-10,18H,4,6-7H2,1-2H3. The fourth-order valence-electron chi connectivity index (χ4n) is 2.36. The molecule has 1 fully saturated rings. The van der Waals surface area contributed by atoms with Gasteiger partial charge in [-0.3, -0.25) is 0 Å². The van der Waals surface area contributed by atoms with E-state index < -0.39 is 0 Å². The lowest BCUT2D eigenvalue weighted by Gasteiger charge is -2.28. The predicted octanol–water partition coefficient (Wildman–Crippen LogP) is 2.00. The number of aliphatic hydroxyl groups is 1. The Bertz CT molecular complexity index is 430. The van der Waals surface area contributed by atoms with Crippen LogP contribution in [0.3, 0.4) is 0 Å². The first-order chi connectivity index (χ1) is 8.47. The molecule has 2 rings (SSSR count). The SMILES string of the molecule is CN(C)CC1CC(O)CN1c1ncc(Br)cc1Cl. The number of aliphatic hydroxyl groups excluding tert-OH is 1. The number of aromatic nitrogens is 1. The third-order valence-corrected chi connectivity index (χ3v) is 3.74. The molecule has 4 nitrogen and oxygen atoms in total. The molecule has 6 heteroatoms. The van der Waals surface area contributed by atoms with Crippen LogP contribution in [-0.2, 0) is 0 Å². The van der Waals surface area contributed by atoms with Gasteiger partial charge in [-0.25, -0.2) is 4.98 Å². The molecule has 0 saturated carbocycles. The zero-order valence-electron chi connectivity index (χ0n) is 10.5. The average molecular weight is 335 g/mol. The van der Waals surface area contributed by atoms with E-state index in [4.69, 9.17) is 11.6 Å². The van der Waals surface area contributed by atoms with Crippen LogP contribution in [0.5, 0.6) is 0 Å². The fourth-order valence-corrected chi connectivity index (χ4v) is 3.10. The van der Waals surface area contributed by atoms with Gasteiger partial charge in [0.2, 0.25) is 0 Å². The van der Waals surface area contributed by atoms with Gasteiger partial charge in [-0.15, -0.1) is 0 Å². The molecule has 1 N–H and O–H groups in total. The maximum absolute atomic E-state index is 9.85. The van der Waals surface area contributed by atoms with E-state index in [1.54, 1.807) is 6.20 Å². The van der Waals surface area contributed by atoms with Crippen molar-refractivity contribution < 1.29 is 5.11 Å². The topological polar surface area (TPSA) is 39.6 Å². The number of likely N-dealkylation sites (N-methyl/N-ethyl adjacent to an activating group) is 1. The summed E-state index contributed by atoms with van der Waals surface area (Å²) in [6, 6.07) is 2.09. The van der Waals surface area contributed by atoms with Crippen molar-refractivity contribution in [3.63, 3.8) is 0 Å². The second kappa shape index (κ2) is 5.74. The lowest BCUT2D eigenvalue weighted by atomic mass is 10.2. The normalized spacial score (nSPS) is 24.0. The van der Waals surface area contributed by atoms with E-state index in [9.17, 15) is 5.11 Å². The van der Waals surface area contributed by atoms with Crippen LogP contribution in [0, 0.1) is 0 Å². The van der Waals surface area contributed by atoms with Crippen molar-refractivity contribution >= 4 is 33.3 Å². The minimum atomic E-state index is -0.309. The van der Waals surface area contributed by atoms with Gasteiger partial charge in [0.15, 0.2) is 0 Å². The van der Waals surface area contributed by atoms with Crippen LogP contribution in [0.4, 0.5) is 5.82 Å². The van der Waals surface area contributed by atoms with Crippen molar-refractivity contribution in [3.05, 3.63) is 21.8 Å². The largest absolute Gasteiger partial charge is 0.391 e. The highest BCUT2D eigenvalue weighted by Crippen LogP contribution is 2.31. The molecule has 1 aromatic rings. The second-order valence-corrected chi connectivity index (χ2v) is 6.24. The zero-order chi connectivity index (χ0) is 13.3. The Morgan fingerprint density at radius 2 is 2.33 bits per heavy atom. The molecule has 1 aliphatic heterocycles. The number of hydrogen-bond acceptors (Lipinski definition) is 4. The first kappa shape index (κ1) is 14.1. The molecule has 0 bridgehead atoms. The van der Waals surface area contributed by atoms with Crippen LogP contribution in [0.15, 0.2) is 16.7 Å². The summed E-state index contributed by atoms with van der Waals surface area (Å²) in [5, 5.41) is 10.5. The Hall–Kier alpha value is -0.360. The van der Waals surface area contributed by atoms with Crippen molar-refractivity contribution in [2.45, 2.75) is 18.6 Å². The van der Waals surface area contributed by atoms with Crippen LogP contribution in [-0.4, -0.2) is 54.3 Å². The van der Waals surface area contributed by atoms with Crippen LogP contribution in [0.1, 0.15) is 6.42 Å². The first-order valence-corrected chi connectivity index (χ1v) is 7.05. The van der Waals surface area contributed by atoms with Crippen molar-refractivity contribution in [2.24, 2.45) is 0 Å². The van der Waals surface area contributed by atoms with Gasteiger partial charge in [-0.1, -0.05) is 11.6 Å². The maximum atomic E-state index is 9.85. The van der Waals surface area contributed by atoms with Crippen molar-refractivity contribution in [2.75, 3.05) is 32.1 Å². The number of pyridine rings is 1. The van der Waals surface area contributed by atoms with Gasteiger partial charge in [-0.2, -0.15) is 0 Å². The molecule has 1 aliphatic rings. The van der Waals surface area contributed by atoms with E-state index in [2.05, 4.69) is 30.7 Å². The smallest absolute Gasteiger partial charge is 0.147 e. The van der Waals surface area contributed by atoms with Gasteiger partial charge in [-0.05, 0) is 42.5 Å². The summed E-state index contributed by atoms with van der Waals surface area (Å²) < 4.78 is 0.861. The van der Waals surface area contributed by atoms with E-state index in [0.717, 1.165) is 23.3 Å². The molecule has 1 saturated heterocycles. The minimum absolute atomic E-state index is 0.251. The van der Waals surface area contributed by atoms with Crippen molar-refractivity contribution in [1.29, 1.82) is 0 Å². The van der Waals surface area contributed by atoms with Gasteiger partial charge in [0, 0.05) is 29.8 Å². The summed E-state index contributed by atoms with van der Waals surface area (Å²) >= 11 is 9.58. The number of anilines is 1. The molecule has 2 heterocycles. The van der Waals surface area contributed by atoms with Crippen molar-refractivity contribution in [1.82, 2.24) is 9.88 Å². The molecule has 0 aromatic carbocycles. The number of β-amino-alcohol motifs (C(OH)–C–C–N with tert-alkyl or cyclic N) is 1. The van der Waals surface area contributed by atoms with Crippen LogP contribution >= 0.6 is 27.5 Å². The number of nitrogens with zero attached hydrogens (tertiary/aromatic N) is 3. The molecule has 0 radical (unpaired) electrons. The summed E-state index contributed by atoms with van der Waals surface area (Å²) in [4.78, 5) is 8.58. The quantitative estimate of drug-likeness (QED) is 0.918. The average Bonchev–Trinajstić information content (AvgIpc) is 2.58. The predicted molar refractivity (Wildman–Crippen MR) is 77.3 cm³/mol. The molecule has 0 aliphatic carbocycles. The molecule has 0 amide bonds. The number of halogens is 2. The van der Waals surface area contributed by atoms with Gasteiger partial charge in [0.25, 0.3) is 0 Å². The molecular formula is C12H17BrClN3O. The zero-order valence-corrected chi connectivity index (χ0v) is 12.8. The van der Waals surface area contributed by atoms with Gasteiger partial charge in [0.1, 0.15) is 5.82 Å². The number of hydrogen-bond donors (Lipinski definition) is 1. The molecule has 2 atom stereocenters. The Kier molecular flexibility index (Phi) is 4.48. The lowest BCUT2D eigenvalue weighted by molar-refractivity contribution is 0.191. The molecule has 100 valence electrons. The van der Waals surface area contributed by atoms with E-state index >= 15 is 0 Å². The van der Waals surface area contributed by atoms with Gasteiger partial charge >= 0.3 is 0 Å². The molecule has 2 unspecified atom stereocenters. The maximum Gasteiger partial charge on any atom is 0.147 e. The minimum Gasteiger partial charge on any atom is -0.391 e.